The summed E-state index contributed by atoms with van der Waals surface area (Å²) in [6, 6.07) is 11.9. The quantitative estimate of drug-likeness (QED) is 0.261. The summed E-state index contributed by atoms with van der Waals surface area (Å²) in [7, 11) is -13.8. The van der Waals surface area contributed by atoms with Gasteiger partial charge >= 0.3 is 15.6 Å². The molecule has 0 saturated heterocycles. The minimum Gasteiger partial charge on any atom is -0.391 e. The van der Waals surface area contributed by atoms with Crippen molar-refractivity contribution in [2.24, 2.45) is 0 Å². The SMILES string of the molecule is C.CCC(COS(=O)(=O)c1ccc(C)cc1)OS(=O)(=O)C(F)(F)F.CCC(O)COS(=O)(=O)c1ccc(C)cc1. The van der Waals surface area contributed by atoms with Crippen molar-refractivity contribution in [2.45, 2.75) is 75.5 Å². The van der Waals surface area contributed by atoms with Crippen molar-refractivity contribution < 1.29 is 56.1 Å². The molecule has 0 heterocycles. The van der Waals surface area contributed by atoms with Crippen LogP contribution in [0.2, 0.25) is 0 Å². The highest BCUT2D eigenvalue weighted by atomic mass is 32.2. The van der Waals surface area contributed by atoms with Crippen molar-refractivity contribution in [3.05, 3.63) is 59.7 Å². The normalized spacial score (nSPS) is 13.9. The highest BCUT2D eigenvalue weighted by molar-refractivity contribution is 7.87. The van der Waals surface area contributed by atoms with Crippen LogP contribution in [0.15, 0.2) is 58.3 Å². The van der Waals surface area contributed by atoms with E-state index in [9.17, 15) is 43.5 Å². The Balaban J connectivity index is 0.000000788. The average Bonchev–Trinajstić information content (AvgIpc) is 2.85. The summed E-state index contributed by atoms with van der Waals surface area (Å²) in [5.74, 6) is 0. The Morgan fingerprint density at radius 2 is 1.10 bits per heavy atom. The van der Waals surface area contributed by atoms with E-state index in [1.807, 2.05) is 6.92 Å². The van der Waals surface area contributed by atoms with E-state index in [1.165, 1.54) is 43.3 Å². The van der Waals surface area contributed by atoms with E-state index in [1.54, 1.807) is 26.0 Å². The maximum Gasteiger partial charge on any atom is 0.523 e. The molecule has 16 heteroatoms. The van der Waals surface area contributed by atoms with E-state index >= 15 is 0 Å². The fourth-order valence-electron chi connectivity index (χ4n) is 2.44. The van der Waals surface area contributed by atoms with Crippen LogP contribution in [0.5, 0.6) is 0 Å². The molecule has 0 aromatic heterocycles. The highest BCUT2D eigenvalue weighted by Crippen LogP contribution is 2.26. The number of hydrogen-bond acceptors (Lipinski definition) is 10. The Bertz CT molecular complexity index is 1360. The molecule has 40 heavy (non-hydrogen) atoms. The Morgan fingerprint density at radius 1 is 0.725 bits per heavy atom. The maximum absolute atomic E-state index is 12.2. The first kappa shape index (κ1) is 37.9. The van der Waals surface area contributed by atoms with Gasteiger partial charge < -0.3 is 5.11 Å². The van der Waals surface area contributed by atoms with Gasteiger partial charge in [-0.05, 0) is 51.0 Å². The lowest BCUT2D eigenvalue weighted by molar-refractivity contribution is -0.0587. The summed E-state index contributed by atoms with van der Waals surface area (Å²) in [5, 5.41) is 9.22. The topological polar surface area (TPSA) is 150 Å². The summed E-state index contributed by atoms with van der Waals surface area (Å²) in [6.45, 7) is 5.64. The van der Waals surface area contributed by atoms with Gasteiger partial charge in [0.05, 0.1) is 29.1 Å². The van der Waals surface area contributed by atoms with Crippen molar-refractivity contribution >= 4 is 30.4 Å². The van der Waals surface area contributed by atoms with E-state index in [0.29, 0.717) is 6.42 Å². The standard InChI is InChI=1S/C12H15F3O6S2.C11H16O4S.CH4/c1-3-10(21-23(18,19)12(13,14)15)8-20-22(16,17)11-6-4-9(2)5-7-11;1-3-10(12)8-15-16(13,14)11-6-4-9(2)5-7-11;/h4-7,10H,3,8H2,1-2H3;4-7,10,12H,3,8H2,1-2H3;1H4. The first-order chi connectivity index (χ1) is 17.8. The summed E-state index contributed by atoms with van der Waals surface area (Å²) in [5.41, 5.74) is -3.81. The number of benzene rings is 2. The molecule has 2 rings (SSSR count). The van der Waals surface area contributed by atoms with Crippen LogP contribution in [0.25, 0.3) is 0 Å². The van der Waals surface area contributed by atoms with E-state index in [0.717, 1.165) is 11.1 Å². The van der Waals surface area contributed by atoms with E-state index < -0.39 is 54.7 Å². The summed E-state index contributed by atoms with van der Waals surface area (Å²) in [6.07, 6.45) is -2.07. The minimum absolute atomic E-state index is 0. The molecule has 230 valence electrons. The third kappa shape index (κ3) is 12.2. The van der Waals surface area contributed by atoms with Gasteiger partial charge in [0.2, 0.25) is 0 Å². The predicted octanol–water partition coefficient (Wildman–Crippen LogP) is 4.45. The molecule has 1 N–H and O–H groups in total. The van der Waals surface area contributed by atoms with Crippen LogP contribution in [0.3, 0.4) is 0 Å². The molecular formula is C24H35F3O10S3. The molecular weight excluding hydrogens is 601 g/mol. The van der Waals surface area contributed by atoms with Crippen molar-refractivity contribution in [2.75, 3.05) is 13.2 Å². The Morgan fingerprint density at radius 3 is 1.43 bits per heavy atom. The number of hydrogen-bond donors (Lipinski definition) is 1. The van der Waals surface area contributed by atoms with Gasteiger partial charge in [0, 0.05) is 0 Å². The first-order valence-electron chi connectivity index (χ1n) is 11.4. The van der Waals surface area contributed by atoms with Gasteiger partial charge in [0.25, 0.3) is 20.2 Å². The summed E-state index contributed by atoms with van der Waals surface area (Å²) < 4.78 is 119. The van der Waals surface area contributed by atoms with Crippen LogP contribution in [-0.4, -0.2) is 61.3 Å². The maximum atomic E-state index is 12.2. The Hall–Kier alpha value is -2.08. The zero-order chi connectivity index (χ0) is 30.1. The van der Waals surface area contributed by atoms with Crippen molar-refractivity contribution in [3.63, 3.8) is 0 Å². The van der Waals surface area contributed by atoms with Gasteiger partial charge in [-0.2, -0.15) is 38.4 Å². The molecule has 0 saturated carbocycles. The van der Waals surface area contributed by atoms with Crippen LogP contribution in [-0.2, 0) is 42.9 Å². The predicted molar refractivity (Wildman–Crippen MR) is 142 cm³/mol. The molecule has 0 spiro atoms. The van der Waals surface area contributed by atoms with E-state index in [-0.39, 0.29) is 30.2 Å². The van der Waals surface area contributed by atoms with Crippen LogP contribution < -0.4 is 0 Å². The lowest BCUT2D eigenvalue weighted by Crippen LogP contribution is -2.32. The molecule has 2 aromatic rings. The van der Waals surface area contributed by atoms with Crippen LogP contribution in [0, 0.1) is 13.8 Å². The van der Waals surface area contributed by atoms with Gasteiger partial charge in [-0.3, -0.25) is 12.5 Å². The molecule has 2 aromatic carbocycles. The van der Waals surface area contributed by atoms with Gasteiger partial charge in [-0.25, -0.2) is 0 Å². The zero-order valence-electron chi connectivity index (χ0n) is 21.6. The molecule has 0 aliphatic carbocycles. The Kier molecular flexibility index (Phi) is 15.0. The molecule has 0 bridgehead atoms. The van der Waals surface area contributed by atoms with Gasteiger partial charge in [0.1, 0.15) is 6.10 Å². The van der Waals surface area contributed by atoms with Gasteiger partial charge in [0.15, 0.2) is 0 Å². The van der Waals surface area contributed by atoms with Crippen LogP contribution >= 0.6 is 0 Å². The summed E-state index contributed by atoms with van der Waals surface area (Å²) >= 11 is 0. The van der Waals surface area contributed by atoms with E-state index in [4.69, 9.17) is 4.18 Å². The highest BCUT2D eigenvalue weighted by Gasteiger charge is 2.48. The minimum atomic E-state index is -5.82. The van der Waals surface area contributed by atoms with Crippen LogP contribution in [0.4, 0.5) is 13.2 Å². The third-order valence-electron chi connectivity index (χ3n) is 4.92. The molecule has 0 aliphatic heterocycles. The second kappa shape index (κ2) is 15.8. The second-order valence-electron chi connectivity index (χ2n) is 8.19. The molecule has 0 fully saturated rings. The van der Waals surface area contributed by atoms with Crippen LogP contribution in [0.1, 0.15) is 45.2 Å². The third-order valence-corrected chi connectivity index (χ3v) is 8.60. The molecule has 0 radical (unpaired) electrons. The van der Waals surface area contributed by atoms with Gasteiger partial charge in [-0.15, -0.1) is 0 Å². The first-order valence-corrected chi connectivity index (χ1v) is 15.7. The number of rotatable bonds is 12. The monoisotopic (exact) mass is 636 g/mol. The zero-order valence-corrected chi connectivity index (χ0v) is 24.0. The lowest BCUT2D eigenvalue weighted by atomic mass is 10.2. The number of alkyl halides is 3. The molecule has 0 aliphatic rings. The lowest BCUT2D eigenvalue weighted by Gasteiger charge is -2.17. The van der Waals surface area contributed by atoms with Crippen molar-refractivity contribution in [1.82, 2.24) is 0 Å². The van der Waals surface area contributed by atoms with Crippen molar-refractivity contribution in [1.29, 1.82) is 0 Å². The molecule has 10 nitrogen and oxygen atoms in total. The van der Waals surface area contributed by atoms with Gasteiger partial charge in [-0.1, -0.05) is 56.7 Å². The number of aliphatic hydroxyl groups is 1. The fraction of sp³-hybridized carbons (Fsp3) is 0.500. The number of aliphatic hydroxyl groups excluding tert-OH is 1. The smallest absolute Gasteiger partial charge is 0.391 e. The number of aryl methyl sites for hydroxylation is 2. The second-order valence-corrected chi connectivity index (χ2v) is 13.0. The molecule has 2 unspecified atom stereocenters. The fourth-order valence-corrected chi connectivity index (χ4v) is 4.98. The number of halogens is 3. The molecule has 0 amide bonds. The van der Waals surface area contributed by atoms with E-state index in [2.05, 4.69) is 8.37 Å². The van der Waals surface area contributed by atoms with Crippen molar-refractivity contribution in [3.8, 4) is 0 Å². The Labute approximate surface area is 234 Å². The molecule has 2 atom stereocenters. The average molecular weight is 637 g/mol. The largest absolute Gasteiger partial charge is 0.523 e. The summed E-state index contributed by atoms with van der Waals surface area (Å²) in [4.78, 5) is -0.0852.